The Morgan fingerprint density at radius 1 is 0.727 bits per heavy atom. The molecular weight excluding hydrogens is 268 g/mol. The van der Waals surface area contributed by atoms with Crippen molar-refractivity contribution < 1.29 is 4.79 Å². The average molecular weight is 286 g/mol. The molecule has 0 bridgehead atoms. The number of hydrogen-bond donors (Lipinski definition) is 0. The summed E-state index contributed by atoms with van der Waals surface area (Å²) in [6.45, 7) is 1.90. The van der Waals surface area contributed by atoms with Crippen LogP contribution in [0.1, 0.15) is 23.7 Å². The van der Waals surface area contributed by atoms with Crippen LogP contribution < -0.4 is 0 Å². The molecule has 0 spiro atoms. The molecule has 22 heavy (non-hydrogen) atoms. The molecule has 0 N–H and O–H groups in total. The van der Waals surface area contributed by atoms with E-state index in [0.717, 1.165) is 27.8 Å². The number of rotatable bonds is 4. The van der Waals surface area contributed by atoms with Gasteiger partial charge in [0, 0.05) is 12.0 Å². The highest BCUT2D eigenvalue weighted by atomic mass is 16.1. The van der Waals surface area contributed by atoms with Crippen LogP contribution in [-0.4, -0.2) is 5.78 Å². The molecule has 1 heteroatoms. The van der Waals surface area contributed by atoms with Crippen molar-refractivity contribution in [2.75, 3.05) is 0 Å². The fraction of sp³-hybridized carbons (Fsp3) is 0.0952. The molecule has 0 heterocycles. The minimum absolute atomic E-state index is 0.179. The standard InChI is InChI=1S/C21H18O/c1-2-21(22)19-14-13-18(16-9-5-3-6-10-16)15-20(19)17-11-7-4-8-12-17/h3-15H,2H2,1H3. The van der Waals surface area contributed by atoms with Crippen molar-refractivity contribution in [3.63, 3.8) is 0 Å². The van der Waals surface area contributed by atoms with E-state index in [1.54, 1.807) is 0 Å². The lowest BCUT2D eigenvalue weighted by Gasteiger charge is -2.11. The zero-order valence-corrected chi connectivity index (χ0v) is 12.6. The molecule has 0 aromatic heterocycles. The molecular formula is C21H18O. The smallest absolute Gasteiger partial charge is 0.163 e. The largest absolute Gasteiger partial charge is 0.294 e. The van der Waals surface area contributed by atoms with Crippen LogP contribution in [0.15, 0.2) is 78.9 Å². The predicted molar refractivity (Wildman–Crippen MR) is 91.9 cm³/mol. The minimum Gasteiger partial charge on any atom is -0.294 e. The molecule has 3 aromatic carbocycles. The van der Waals surface area contributed by atoms with Crippen LogP contribution in [0.5, 0.6) is 0 Å². The zero-order valence-electron chi connectivity index (χ0n) is 12.6. The van der Waals surface area contributed by atoms with Gasteiger partial charge in [-0.15, -0.1) is 0 Å². The van der Waals surface area contributed by atoms with Crippen LogP contribution in [0.25, 0.3) is 22.3 Å². The maximum absolute atomic E-state index is 12.3. The second-order valence-electron chi connectivity index (χ2n) is 5.27. The lowest BCUT2D eigenvalue weighted by Crippen LogP contribution is -2.00. The van der Waals surface area contributed by atoms with E-state index in [2.05, 4.69) is 30.3 Å². The van der Waals surface area contributed by atoms with Crippen LogP contribution >= 0.6 is 0 Å². The summed E-state index contributed by atoms with van der Waals surface area (Å²) in [6.07, 6.45) is 0.518. The average Bonchev–Trinajstić information content (AvgIpc) is 2.62. The van der Waals surface area contributed by atoms with Gasteiger partial charge in [-0.05, 0) is 28.3 Å². The fourth-order valence-electron chi connectivity index (χ4n) is 2.64. The first kappa shape index (κ1) is 14.3. The van der Waals surface area contributed by atoms with Gasteiger partial charge in [0.05, 0.1) is 0 Å². The Hall–Kier alpha value is -2.67. The summed E-state index contributed by atoms with van der Waals surface area (Å²) in [5.74, 6) is 0.179. The molecule has 0 amide bonds. The third kappa shape index (κ3) is 2.84. The van der Waals surface area contributed by atoms with Crippen molar-refractivity contribution >= 4 is 5.78 Å². The first-order valence-corrected chi connectivity index (χ1v) is 7.57. The Morgan fingerprint density at radius 2 is 1.32 bits per heavy atom. The summed E-state index contributed by atoms with van der Waals surface area (Å²) >= 11 is 0. The van der Waals surface area contributed by atoms with Gasteiger partial charge < -0.3 is 0 Å². The van der Waals surface area contributed by atoms with Gasteiger partial charge in [0.2, 0.25) is 0 Å². The molecule has 0 radical (unpaired) electrons. The first-order valence-electron chi connectivity index (χ1n) is 7.57. The van der Waals surface area contributed by atoms with Crippen LogP contribution in [0.3, 0.4) is 0 Å². The number of ketones is 1. The van der Waals surface area contributed by atoms with Gasteiger partial charge in [0.25, 0.3) is 0 Å². The van der Waals surface area contributed by atoms with Crippen molar-refractivity contribution in [2.24, 2.45) is 0 Å². The van der Waals surface area contributed by atoms with Crippen molar-refractivity contribution in [3.05, 3.63) is 84.4 Å². The number of benzene rings is 3. The highest BCUT2D eigenvalue weighted by Crippen LogP contribution is 2.30. The second-order valence-corrected chi connectivity index (χ2v) is 5.27. The normalized spacial score (nSPS) is 10.4. The monoisotopic (exact) mass is 286 g/mol. The zero-order chi connectivity index (χ0) is 15.4. The minimum atomic E-state index is 0.179. The first-order chi connectivity index (χ1) is 10.8. The molecule has 0 saturated carbocycles. The maximum Gasteiger partial charge on any atom is 0.163 e. The quantitative estimate of drug-likeness (QED) is 0.569. The van der Waals surface area contributed by atoms with E-state index in [4.69, 9.17) is 0 Å². The van der Waals surface area contributed by atoms with Gasteiger partial charge in [-0.1, -0.05) is 79.7 Å². The summed E-state index contributed by atoms with van der Waals surface area (Å²) in [5.41, 5.74) is 5.18. The van der Waals surface area contributed by atoms with Crippen LogP contribution in [-0.2, 0) is 0 Å². The molecule has 0 atom stereocenters. The number of Topliss-reactive ketones (excluding diaryl/α,β-unsaturated/α-hetero) is 1. The summed E-state index contributed by atoms with van der Waals surface area (Å²) in [5, 5.41) is 0. The van der Waals surface area contributed by atoms with E-state index in [1.165, 1.54) is 0 Å². The fourth-order valence-corrected chi connectivity index (χ4v) is 2.64. The Labute approximate surface area is 131 Å². The third-order valence-corrected chi connectivity index (χ3v) is 3.83. The molecule has 1 nitrogen and oxygen atoms in total. The molecule has 108 valence electrons. The van der Waals surface area contributed by atoms with Crippen LogP contribution in [0.2, 0.25) is 0 Å². The topological polar surface area (TPSA) is 17.1 Å². The molecule has 3 rings (SSSR count). The van der Waals surface area contributed by atoms with Crippen molar-refractivity contribution in [1.82, 2.24) is 0 Å². The Morgan fingerprint density at radius 3 is 1.91 bits per heavy atom. The van der Waals surface area contributed by atoms with E-state index >= 15 is 0 Å². The Balaban J connectivity index is 2.17. The van der Waals surface area contributed by atoms with Gasteiger partial charge in [-0.2, -0.15) is 0 Å². The van der Waals surface area contributed by atoms with Crippen molar-refractivity contribution in [1.29, 1.82) is 0 Å². The van der Waals surface area contributed by atoms with Crippen molar-refractivity contribution in [2.45, 2.75) is 13.3 Å². The lowest BCUT2D eigenvalue weighted by molar-refractivity contribution is 0.0989. The molecule has 3 aromatic rings. The van der Waals surface area contributed by atoms with Crippen LogP contribution in [0.4, 0.5) is 0 Å². The molecule has 0 aliphatic carbocycles. The van der Waals surface area contributed by atoms with Gasteiger partial charge >= 0.3 is 0 Å². The number of carbonyl (C=O) groups is 1. The van der Waals surface area contributed by atoms with E-state index in [-0.39, 0.29) is 5.78 Å². The predicted octanol–water partition coefficient (Wildman–Crippen LogP) is 5.61. The van der Waals surface area contributed by atoms with Gasteiger partial charge in [-0.3, -0.25) is 4.79 Å². The molecule has 0 saturated heterocycles. The highest BCUT2D eigenvalue weighted by molar-refractivity contribution is 6.03. The molecule has 0 aliphatic heterocycles. The Bertz CT molecular complexity index is 774. The molecule has 0 unspecified atom stereocenters. The van der Waals surface area contributed by atoms with Gasteiger partial charge in [0.15, 0.2) is 5.78 Å². The summed E-state index contributed by atoms with van der Waals surface area (Å²) in [4.78, 5) is 12.3. The number of hydrogen-bond acceptors (Lipinski definition) is 1. The van der Waals surface area contributed by atoms with E-state index in [1.807, 2.05) is 55.5 Å². The SMILES string of the molecule is CCC(=O)c1ccc(-c2ccccc2)cc1-c1ccccc1. The second kappa shape index (κ2) is 6.40. The summed E-state index contributed by atoms with van der Waals surface area (Å²) in [7, 11) is 0. The maximum atomic E-state index is 12.3. The van der Waals surface area contributed by atoms with E-state index in [0.29, 0.717) is 6.42 Å². The van der Waals surface area contributed by atoms with Crippen molar-refractivity contribution in [3.8, 4) is 22.3 Å². The number of carbonyl (C=O) groups excluding carboxylic acids is 1. The Kier molecular flexibility index (Phi) is 4.15. The highest BCUT2D eigenvalue weighted by Gasteiger charge is 2.12. The summed E-state index contributed by atoms with van der Waals surface area (Å²) < 4.78 is 0. The van der Waals surface area contributed by atoms with Gasteiger partial charge in [0.1, 0.15) is 0 Å². The third-order valence-electron chi connectivity index (χ3n) is 3.83. The van der Waals surface area contributed by atoms with E-state index < -0.39 is 0 Å². The molecule has 0 fully saturated rings. The molecule has 0 aliphatic rings. The van der Waals surface area contributed by atoms with E-state index in [9.17, 15) is 4.79 Å². The van der Waals surface area contributed by atoms with Gasteiger partial charge in [-0.25, -0.2) is 0 Å². The lowest BCUT2D eigenvalue weighted by atomic mass is 9.92. The summed E-state index contributed by atoms with van der Waals surface area (Å²) in [6, 6.07) is 26.5. The van der Waals surface area contributed by atoms with Crippen LogP contribution in [0, 0.1) is 0 Å².